The van der Waals surface area contributed by atoms with Gasteiger partial charge < -0.3 is 14.2 Å². The Morgan fingerprint density at radius 2 is 1.71 bits per heavy atom. The molecule has 1 saturated heterocycles. The van der Waals surface area contributed by atoms with Gasteiger partial charge in [0.1, 0.15) is 0 Å². The van der Waals surface area contributed by atoms with Gasteiger partial charge >= 0.3 is 18.4 Å². The maximum atomic E-state index is 12.7. The van der Waals surface area contributed by atoms with Gasteiger partial charge in [0.2, 0.25) is 0 Å². The van der Waals surface area contributed by atoms with E-state index in [2.05, 4.69) is 4.74 Å². The first-order chi connectivity index (χ1) is 14.4. The number of amides is 1. The summed E-state index contributed by atoms with van der Waals surface area (Å²) in [4.78, 5) is 12.9. The van der Waals surface area contributed by atoms with Crippen LogP contribution in [0.2, 0.25) is 0 Å². The van der Waals surface area contributed by atoms with Crippen LogP contribution in [0.15, 0.2) is 42.3 Å². The summed E-state index contributed by atoms with van der Waals surface area (Å²) in [6.07, 6.45) is -6.58. The number of carbonyl (C=O) groups is 1. The molecule has 0 saturated carbocycles. The number of alkyl halides is 6. The van der Waals surface area contributed by atoms with E-state index < -0.39 is 24.5 Å². The Morgan fingerprint density at radius 3 is 2.13 bits per heavy atom. The highest BCUT2D eigenvalue weighted by atomic mass is 19.4. The minimum atomic E-state index is -5.72. The molecule has 31 heavy (non-hydrogen) atoms. The molecule has 1 fully saturated rings. The Morgan fingerprint density at radius 1 is 1.13 bits per heavy atom. The lowest BCUT2D eigenvalue weighted by molar-refractivity contribution is -0.308. The predicted octanol–water partition coefficient (Wildman–Crippen LogP) is 5.97. The van der Waals surface area contributed by atoms with Crippen molar-refractivity contribution in [1.29, 1.82) is 0 Å². The summed E-state index contributed by atoms with van der Waals surface area (Å²) in [7, 11) is 1.89. The fourth-order valence-corrected chi connectivity index (χ4v) is 3.93. The second-order valence-corrected chi connectivity index (χ2v) is 7.55. The molecule has 0 bridgehead atoms. The number of ether oxygens (including phenoxy) is 1. The zero-order chi connectivity index (χ0) is 23.4. The number of aromatic nitrogens is 1. The van der Waals surface area contributed by atoms with Crippen LogP contribution in [0.3, 0.4) is 0 Å². The first-order valence-electron chi connectivity index (χ1n) is 9.88. The molecule has 4 nitrogen and oxygen atoms in total. The molecule has 1 aromatic heterocycles. The Kier molecular flexibility index (Phi) is 7.88. The van der Waals surface area contributed by atoms with Crippen LogP contribution in [0.1, 0.15) is 38.2 Å². The fraction of sp³-hybridized carbons (Fsp3) is 0.571. The number of halogens is 6. The molecule has 1 aromatic rings. The lowest BCUT2D eigenvalue weighted by Gasteiger charge is -2.37. The van der Waals surface area contributed by atoms with E-state index in [-0.39, 0.29) is 24.9 Å². The summed E-state index contributed by atoms with van der Waals surface area (Å²) >= 11 is 0. The highest BCUT2D eigenvalue weighted by Crippen LogP contribution is 2.40. The molecule has 1 unspecified atom stereocenters. The Hall–Kier alpha value is -2.39. The molecule has 0 N–H and O–H groups in total. The first-order valence-corrected chi connectivity index (χ1v) is 9.88. The van der Waals surface area contributed by atoms with E-state index in [9.17, 15) is 31.1 Å². The zero-order valence-corrected chi connectivity index (χ0v) is 17.5. The number of nitrogens with zero attached hydrogens (tertiary/aromatic N) is 2. The third-order valence-corrected chi connectivity index (χ3v) is 5.35. The molecule has 0 aliphatic carbocycles. The highest BCUT2D eigenvalue weighted by molar-refractivity contribution is 5.68. The monoisotopic (exact) mass is 452 g/mol. The van der Waals surface area contributed by atoms with Crippen molar-refractivity contribution < 1.29 is 35.9 Å². The molecule has 1 aliphatic rings. The number of carbonyl (C=O) groups excluding carboxylic acids is 1. The van der Waals surface area contributed by atoms with Gasteiger partial charge in [0, 0.05) is 38.4 Å². The third kappa shape index (κ3) is 6.30. The smallest absolute Gasteiger partial charge is 0.426 e. The lowest BCUT2D eigenvalue weighted by atomic mass is 9.76. The van der Waals surface area contributed by atoms with Crippen LogP contribution in [-0.4, -0.2) is 47.1 Å². The number of allylic oxidation sites excluding steroid dienone is 4. The third-order valence-electron chi connectivity index (χ3n) is 5.35. The number of hydrogen-bond donors (Lipinski definition) is 0. The van der Waals surface area contributed by atoms with Crippen LogP contribution < -0.4 is 0 Å². The quantitative estimate of drug-likeness (QED) is 0.407. The summed E-state index contributed by atoms with van der Waals surface area (Å²) in [6, 6.07) is 1.98. The normalized spacial score (nSPS) is 18.1. The Labute approximate surface area is 177 Å². The van der Waals surface area contributed by atoms with Gasteiger partial charge in [-0.25, -0.2) is 4.79 Å². The molecule has 2 heterocycles. The maximum absolute atomic E-state index is 12.7. The summed E-state index contributed by atoms with van der Waals surface area (Å²) in [5.74, 6) is 0.0635. The Bertz CT molecular complexity index is 788. The van der Waals surface area contributed by atoms with E-state index in [1.165, 1.54) is 0 Å². The number of likely N-dealkylation sites (tertiary alicyclic amines) is 1. The van der Waals surface area contributed by atoms with Crippen molar-refractivity contribution in [1.82, 2.24) is 9.47 Å². The van der Waals surface area contributed by atoms with Crippen LogP contribution in [0, 0.1) is 5.92 Å². The highest BCUT2D eigenvalue weighted by Gasteiger charge is 2.60. The number of hydrogen-bond acceptors (Lipinski definition) is 2. The van der Waals surface area contributed by atoms with Gasteiger partial charge in [-0.3, -0.25) is 0 Å². The minimum Gasteiger partial charge on any atom is -0.426 e. The first kappa shape index (κ1) is 24.9. The van der Waals surface area contributed by atoms with E-state index in [4.69, 9.17) is 0 Å². The summed E-state index contributed by atoms with van der Waals surface area (Å²) < 4.78 is 81.8. The molecule has 0 radical (unpaired) electrons. The second-order valence-electron chi connectivity index (χ2n) is 7.55. The van der Waals surface area contributed by atoms with Crippen LogP contribution >= 0.6 is 0 Å². The van der Waals surface area contributed by atoms with Crippen LogP contribution in [0.4, 0.5) is 31.1 Å². The van der Waals surface area contributed by atoms with E-state index in [0.717, 1.165) is 16.0 Å². The van der Waals surface area contributed by atoms with Crippen LogP contribution in [0.5, 0.6) is 0 Å². The zero-order valence-electron chi connectivity index (χ0n) is 17.5. The largest absolute Gasteiger partial charge is 0.434 e. The van der Waals surface area contributed by atoms with Gasteiger partial charge in [-0.1, -0.05) is 18.2 Å². The summed E-state index contributed by atoms with van der Waals surface area (Å²) in [5, 5.41) is 0. The van der Waals surface area contributed by atoms with Crippen molar-refractivity contribution in [3.8, 4) is 0 Å². The van der Waals surface area contributed by atoms with Gasteiger partial charge in [0.05, 0.1) is 0 Å². The van der Waals surface area contributed by atoms with E-state index in [1.54, 1.807) is 0 Å². The predicted molar refractivity (Wildman–Crippen MR) is 103 cm³/mol. The van der Waals surface area contributed by atoms with E-state index in [1.807, 2.05) is 62.2 Å². The standard InChI is InChI=1S/C21H26F6N2O2/c1-4-6-14(5-2)17(16-7-10-28(3)13-16)15-8-11-29(12-9-15)19(30)31-18(20(22,23)24)21(25,26)27/h4-7,10,13,15,17-18H,8-9,11-12H2,1-3H3/b6-4-,14-5+. The van der Waals surface area contributed by atoms with Gasteiger partial charge in [-0.15, -0.1) is 0 Å². The summed E-state index contributed by atoms with van der Waals surface area (Å²) in [6.45, 7) is 3.83. The van der Waals surface area contributed by atoms with Crippen molar-refractivity contribution in [2.75, 3.05) is 13.1 Å². The Balaban J connectivity index is 2.12. The fourth-order valence-electron chi connectivity index (χ4n) is 3.93. The average Bonchev–Trinajstić information content (AvgIpc) is 3.10. The molecule has 10 heteroatoms. The molecule has 1 amide bonds. The van der Waals surface area contributed by atoms with Gasteiger partial charge in [-0.05, 0) is 49.8 Å². The second kappa shape index (κ2) is 9.82. The van der Waals surface area contributed by atoms with Gasteiger partial charge in [0.15, 0.2) is 0 Å². The summed E-state index contributed by atoms with van der Waals surface area (Å²) in [5.41, 5.74) is 2.12. The molecule has 174 valence electrons. The minimum absolute atomic E-state index is 0.00123. The molecular formula is C21H26F6N2O2. The van der Waals surface area contributed by atoms with Crippen LogP contribution in [0.25, 0.3) is 0 Å². The van der Waals surface area contributed by atoms with Gasteiger partial charge in [-0.2, -0.15) is 26.3 Å². The SMILES string of the molecule is C/C=C\C(=C/C)C(c1ccn(C)c1)C1CCN(C(=O)OC(C(F)(F)F)C(F)(F)F)CC1. The van der Waals surface area contributed by atoms with Crippen LogP contribution in [-0.2, 0) is 11.8 Å². The molecule has 2 rings (SSSR count). The number of aryl methyl sites for hydroxylation is 1. The maximum Gasteiger partial charge on any atom is 0.434 e. The number of rotatable bonds is 5. The molecular weight excluding hydrogens is 426 g/mol. The van der Waals surface area contributed by atoms with Gasteiger partial charge in [0.25, 0.3) is 6.10 Å². The molecule has 1 atom stereocenters. The number of piperidine rings is 1. The molecule has 1 aliphatic heterocycles. The molecule has 0 spiro atoms. The lowest BCUT2D eigenvalue weighted by Crippen LogP contribution is -2.49. The van der Waals surface area contributed by atoms with Crippen molar-refractivity contribution in [3.63, 3.8) is 0 Å². The van der Waals surface area contributed by atoms with E-state index in [0.29, 0.717) is 12.8 Å². The van der Waals surface area contributed by atoms with Crippen molar-refractivity contribution in [2.45, 2.75) is 51.1 Å². The topological polar surface area (TPSA) is 34.5 Å². The van der Waals surface area contributed by atoms with Crippen molar-refractivity contribution in [2.24, 2.45) is 13.0 Å². The average molecular weight is 452 g/mol. The molecule has 0 aromatic carbocycles. The van der Waals surface area contributed by atoms with E-state index >= 15 is 0 Å². The van der Waals surface area contributed by atoms with Crippen molar-refractivity contribution >= 4 is 6.09 Å². The van der Waals surface area contributed by atoms with Crippen molar-refractivity contribution in [3.05, 3.63) is 47.8 Å².